The van der Waals surface area contributed by atoms with Gasteiger partial charge in [0.15, 0.2) is 11.5 Å². The molecule has 0 unspecified atom stereocenters. The van der Waals surface area contributed by atoms with Gasteiger partial charge in [-0.05, 0) is 59.1 Å². The number of hydrogen-bond donors (Lipinski definition) is 1. The number of rotatable bonds is 2. The zero-order valence-corrected chi connectivity index (χ0v) is 13.0. The third kappa shape index (κ3) is 2.21. The summed E-state index contributed by atoms with van der Waals surface area (Å²) in [5.41, 5.74) is 3.46. The highest BCUT2D eigenvalue weighted by Crippen LogP contribution is 2.29. The van der Waals surface area contributed by atoms with Gasteiger partial charge in [-0.1, -0.05) is 6.07 Å². The molecule has 5 nitrogen and oxygen atoms in total. The zero-order chi connectivity index (χ0) is 15.1. The minimum absolute atomic E-state index is 0.280. The second-order valence-corrected chi connectivity index (χ2v) is 5.75. The topological polar surface area (TPSA) is 67.5 Å². The lowest BCUT2D eigenvalue weighted by atomic mass is 9.97. The first kappa shape index (κ1) is 13.8. The van der Waals surface area contributed by atoms with Crippen molar-refractivity contribution < 1.29 is 9.90 Å². The van der Waals surface area contributed by atoms with E-state index in [1.807, 2.05) is 29.7 Å². The summed E-state index contributed by atoms with van der Waals surface area (Å²) in [5.74, 6) is -0.298. The van der Waals surface area contributed by atoms with Gasteiger partial charge >= 0.3 is 5.97 Å². The Bertz CT molecular complexity index is 871. The summed E-state index contributed by atoms with van der Waals surface area (Å²) >= 11 is 3.43. The molecule has 1 N–H and O–H groups in total. The van der Waals surface area contributed by atoms with E-state index in [-0.39, 0.29) is 5.56 Å². The van der Waals surface area contributed by atoms with E-state index in [1.54, 1.807) is 19.1 Å². The maximum Gasteiger partial charge on any atom is 0.335 e. The van der Waals surface area contributed by atoms with Crippen LogP contribution in [0, 0.1) is 13.8 Å². The molecule has 0 spiro atoms. The quantitative estimate of drug-likeness (QED) is 0.772. The predicted octanol–water partition coefficient (Wildman–Crippen LogP) is 3.47. The standard InChI is InChI=1S/C15H12BrN3O2/c1-8-3-5-11(15(20)21)9(2)13(8)14-18-17-12-6-4-10(16)7-19(12)14/h3-7H,1-2H3,(H,20,21). The lowest BCUT2D eigenvalue weighted by molar-refractivity contribution is 0.0696. The minimum Gasteiger partial charge on any atom is -0.478 e. The monoisotopic (exact) mass is 345 g/mol. The number of nitrogens with zero attached hydrogens (tertiary/aromatic N) is 3. The molecule has 0 saturated carbocycles. The molecule has 0 radical (unpaired) electrons. The number of benzene rings is 1. The van der Waals surface area contributed by atoms with Crippen LogP contribution in [0.5, 0.6) is 0 Å². The summed E-state index contributed by atoms with van der Waals surface area (Å²) in [6.45, 7) is 3.73. The van der Waals surface area contributed by atoms with Crippen molar-refractivity contribution in [2.45, 2.75) is 13.8 Å². The highest BCUT2D eigenvalue weighted by molar-refractivity contribution is 9.10. The molecule has 0 atom stereocenters. The molecular formula is C15H12BrN3O2. The Kier molecular flexibility index (Phi) is 3.25. The van der Waals surface area contributed by atoms with Gasteiger partial charge in [-0.2, -0.15) is 0 Å². The van der Waals surface area contributed by atoms with Crippen molar-refractivity contribution in [3.8, 4) is 11.4 Å². The number of carboxylic acids is 1. The van der Waals surface area contributed by atoms with Crippen LogP contribution in [0.2, 0.25) is 0 Å². The average Bonchev–Trinajstić information content (AvgIpc) is 2.81. The van der Waals surface area contributed by atoms with E-state index in [9.17, 15) is 9.90 Å². The third-order valence-corrected chi connectivity index (χ3v) is 3.96. The first-order valence-electron chi connectivity index (χ1n) is 6.33. The number of aryl methyl sites for hydroxylation is 1. The maximum absolute atomic E-state index is 11.3. The number of fused-ring (bicyclic) bond motifs is 1. The van der Waals surface area contributed by atoms with E-state index >= 15 is 0 Å². The SMILES string of the molecule is Cc1ccc(C(=O)O)c(C)c1-c1nnc2ccc(Br)cn12. The van der Waals surface area contributed by atoms with Crippen molar-refractivity contribution in [1.82, 2.24) is 14.6 Å². The van der Waals surface area contributed by atoms with Crippen LogP contribution in [0.4, 0.5) is 0 Å². The fourth-order valence-electron chi connectivity index (χ4n) is 2.46. The minimum atomic E-state index is -0.941. The maximum atomic E-state index is 11.3. The van der Waals surface area contributed by atoms with Crippen molar-refractivity contribution in [1.29, 1.82) is 0 Å². The molecule has 0 saturated heterocycles. The van der Waals surface area contributed by atoms with Crippen LogP contribution in [0.1, 0.15) is 21.5 Å². The molecular weight excluding hydrogens is 334 g/mol. The molecule has 1 aromatic carbocycles. The Morgan fingerprint density at radius 1 is 1.19 bits per heavy atom. The molecule has 0 aliphatic rings. The molecule has 2 aromatic heterocycles. The van der Waals surface area contributed by atoms with Crippen molar-refractivity contribution >= 4 is 27.5 Å². The third-order valence-electron chi connectivity index (χ3n) is 3.49. The Morgan fingerprint density at radius 2 is 1.95 bits per heavy atom. The molecule has 2 heterocycles. The normalized spacial score (nSPS) is 11.0. The van der Waals surface area contributed by atoms with E-state index in [4.69, 9.17) is 0 Å². The van der Waals surface area contributed by atoms with Crippen LogP contribution in [0.15, 0.2) is 34.9 Å². The highest BCUT2D eigenvalue weighted by atomic mass is 79.9. The number of aromatic carboxylic acids is 1. The molecule has 0 fully saturated rings. The molecule has 0 bridgehead atoms. The number of hydrogen-bond acceptors (Lipinski definition) is 3. The van der Waals surface area contributed by atoms with Gasteiger partial charge in [0.25, 0.3) is 0 Å². The van der Waals surface area contributed by atoms with Gasteiger partial charge < -0.3 is 5.11 Å². The molecule has 0 amide bonds. The van der Waals surface area contributed by atoms with Crippen molar-refractivity contribution in [2.24, 2.45) is 0 Å². The van der Waals surface area contributed by atoms with Crippen LogP contribution in [0.3, 0.4) is 0 Å². The van der Waals surface area contributed by atoms with Gasteiger partial charge in [-0.25, -0.2) is 4.79 Å². The van der Waals surface area contributed by atoms with Crippen molar-refractivity contribution in [2.75, 3.05) is 0 Å². The van der Waals surface area contributed by atoms with Crippen LogP contribution < -0.4 is 0 Å². The smallest absolute Gasteiger partial charge is 0.335 e. The van der Waals surface area contributed by atoms with Crippen molar-refractivity contribution in [3.63, 3.8) is 0 Å². The van der Waals surface area contributed by atoms with E-state index in [2.05, 4.69) is 26.1 Å². The lowest BCUT2D eigenvalue weighted by Gasteiger charge is -2.11. The first-order chi connectivity index (χ1) is 9.99. The van der Waals surface area contributed by atoms with E-state index in [0.29, 0.717) is 17.0 Å². The fourth-order valence-corrected chi connectivity index (χ4v) is 2.80. The molecule has 21 heavy (non-hydrogen) atoms. The second kappa shape index (κ2) is 4.96. The number of aromatic nitrogens is 3. The summed E-state index contributed by atoms with van der Waals surface area (Å²) in [6, 6.07) is 7.16. The summed E-state index contributed by atoms with van der Waals surface area (Å²) in [4.78, 5) is 11.3. The lowest BCUT2D eigenvalue weighted by Crippen LogP contribution is -2.04. The predicted molar refractivity (Wildman–Crippen MR) is 82.6 cm³/mol. The summed E-state index contributed by atoms with van der Waals surface area (Å²) in [5, 5.41) is 17.7. The molecule has 106 valence electrons. The number of carbonyl (C=O) groups is 1. The molecule has 3 rings (SSSR count). The Balaban J connectivity index is 2.35. The van der Waals surface area contributed by atoms with Gasteiger partial charge in [0.2, 0.25) is 0 Å². The van der Waals surface area contributed by atoms with Gasteiger partial charge in [0.05, 0.1) is 5.56 Å². The largest absolute Gasteiger partial charge is 0.478 e. The van der Waals surface area contributed by atoms with E-state index in [0.717, 1.165) is 15.6 Å². The second-order valence-electron chi connectivity index (χ2n) is 4.83. The fraction of sp³-hybridized carbons (Fsp3) is 0.133. The molecule has 0 aliphatic heterocycles. The summed E-state index contributed by atoms with van der Waals surface area (Å²) in [6.07, 6.45) is 1.87. The molecule has 3 aromatic rings. The van der Waals surface area contributed by atoms with Crippen LogP contribution >= 0.6 is 15.9 Å². The van der Waals surface area contributed by atoms with Crippen molar-refractivity contribution in [3.05, 3.63) is 51.6 Å². The first-order valence-corrected chi connectivity index (χ1v) is 7.12. The van der Waals surface area contributed by atoms with Crippen LogP contribution in [-0.4, -0.2) is 25.7 Å². The van der Waals surface area contributed by atoms with Gasteiger partial charge in [0, 0.05) is 16.2 Å². The zero-order valence-electron chi connectivity index (χ0n) is 11.5. The number of halogens is 1. The Morgan fingerprint density at radius 3 is 2.67 bits per heavy atom. The van der Waals surface area contributed by atoms with Crippen LogP contribution in [-0.2, 0) is 0 Å². The number of pyridine rings is 1. The van der Waals surface area contributed by atoms with E-state index in [1.165, 1.54) is 0 Å². The summed E-state index contributed by atoms with van der Waals surface area (Å²) in [7, 11) is 0. The van der Waals surface area contributed by atoms with Crippen LogP contribution in [0.25, 0.3) is 17.0 Å². The van der Waals surface area contributed by atoms with Gasteiger partial charge in [-0.15, -0.1) is 10.2 Å². The van der Waals surface area contributed by atoms with E-state index < -0.39 is 5.97 Å². The molecule has 0 aliphatic carbocycles. The van der Waals surface area contributed by atoms with Gasteiger partial charge in [0.1, 0.15) is 0 Å². The number of carboxylic acid groups (broad SMARTS) is 1. The Hall–Kier alpha value is -2.21. The average molecular weight is 346 g/mol. The Labute approximate surface area is 129 Å². The van der Waals surface area contributed by atoms with Gasteiger partial charge in [-0.3, -0.25) is 4.40 Å². The highest BCUT2D eigenvalue weighted by Gasteiger charge is 2.18. The molecule has 6 heteroatoms. The summed E-state index contributed by atoms with van der Waals surface area (Å²) < 4.78 is 2.76.